The van der Waals surface area contributed by atoms with Gasteiger partial charge in [0.1, 0.15) is 15.6 Å². The van der Waals surface area contributed by atoms with E-state index in [0.717, 1.165) is 21.4 Å². The van der Waals surface area contributed by atoms with Crippen LogP contribution in [0.4, 0.5) is 0 Å². The first kappa shape index (κ1) is 12.7. The summed E-state index contributed by atoms with van der Waals surface area (Å²) in [6.45, 7) is 0. The van der Waals surface area contributed by atoms with Crippen molar-refractivity contribution in [3.05, 3.63) is 44.6 Å². The van der Waals surface area contributed by atoms with Crippen LogP contribution < -0.4 is 4.74 Å². The van der Waals surface area contributed by atoms with Gasteiger partial charge in [0.05, 0.1) is 11.0 Å². The molecule has 21 heavy (non-hydrogen) atoms. The Morgan fingerprint density at radius 2 is 1.90 bits per heavy atom. The molecule has 0 unspecified atom stereocenters. The van der Waals surface area contributed by atoms with Gasteiger partial charge in [-0.2, -0.15) is 0 Å². The Morgan fingerprint density at radius 1 is 1.10 bits per heavy atom. The first-order valence-corrected chi connectivity index (χ1v) is 8.06. The summed E-state index contributed by atoms with van der Waals surface area (Å²) >= 11 is 2.36. The number of hydrogen-bond acceptors (Lipinski definition) is 6. The van der Waals surface area contributed by atoms with E-state index in [4.69, 9.17) is 0 Å². The number of nitrogens with zero attached hydrogens (tertiary/aromatic N) is 1. The van der Waals surface area contributed by atoms with Crippen molar-refractivity contribution in [1.82, 2.24) is 4.98 Å². The van der Waals surface area contributed by atoms with Crippen LogP contribution in [0.5, 0.6) is 0 Å². The smallest absolute Gasteiger partial charge is 0.245 e. The highest BCUT2D eigenvalue weighted by molar-refractivity contribution is 7.26. The quantitative estimate of drug-likeness (QED) is 0.746. The van der Waals surface area contributed by atoms with Gasteiger partial charge < -0.3 is 5.11 Å². The Kier molecular flexibility index (Phi) is 2.70. The summed E-state index contributed by atoms with van der Waals surface area (Å²) in [6.07, 6.45) is 0.620. The SMILES string of the molecule is O=C1CCC(O)=C1c1nc2sc3ccccc3c2c(=O)s1. The van der Waals surface area contributed by atoms with E-state index in [-0.39, 0.29) is 28.3 Å². The van der Waals surface area contributed by atoms with Crippen molar-refractivity contribution in [2.75, 3.05) is 0 Å². The van der Waals surface area contributed by atoms with E-state index >= 15 is 0 Å². The standard InChI is InChI=1S/C15H9NO3S2/c17-8-5-6-9(18)12(8)14-16-13-11(15(19)21-14)7-3-1-2-4-10(7)20-13/h1-4,17H,5-6H2. The average Bonchev–Trinajstić information content (AvgIpc) is 2.99. The molecule has 2 aromatic heterocycles. The van der Waals surface area contributed by atoms with E-state index in [1.807, 2.05) is 24.3 Å². The van der Waals surface area contributed by atoms with E-state index < -0.39 is 0 Å². The van der Waals surface area contributed by atoms with Gasteiger partial charge in [-0.3, -0.25) is 9.59 Å². The Labute approximate surface area is 127 Å². The van der Waals surface area contributed by atoms with Crippen LogP contribution in [0.25, 0.3) is 25.9 Å². The second-order valence-electron chi connectivity index (χ2n) is 4.83. The van der Waals surface area contributed by atoms with Crippen LogP contribution in [0.3, 0.4) is 0 Å². The van der Waals surface area contributed by atoms with Gasteiger partial charge in [-0.05, 0) is 6.07 Å². The molecule has 1 aromatic carbocycles. The van der Waals surface area contributed by atoms with E-state index in [0.29, 0.717) is 21.6 Å². The highest BCUT2D eigenvalue weighted by Gasteiger charge is 2.27. The number of aromatic nitrogens is 1. The van der Waals surface area contributed by atoms with Gasteiger partial charge in [-0.25, -0.2) is 4.98 Å². The number of hydrogen-bond donors (Lipinski definition) is 1. The molecule has 1 aliphatic rings. The fourth-order valence-electron chi connectivity index (χ4n) is 2.55. The number of thiophene rings is 1. The van der Waals surface area contributed by atoms with Crippen LogP contribution in [0.15, 0.2) is 34.8 Å². The second-order valence-corrected chi connectivity index (χ2v) is 6.82. The minimum atomic E-state index is -0.142. The highest BCUT2D eigenvalue weighted by Crippen LogP contribution is 2.34. The summed E-state index contributed by atoms with van der Waals surface area (Å²) in [7, 11) is 0. The molecule has 0 atom stereocenters. The van der Waals surface area contributed by atoms with Crippen molar-refractivity contribution in [3.63, 3.8) is 0 Å². The fraction of sp³-hybridized carbons (Fsp3) is 0.133. The molecule has 0 bridgehead atoms. The maximum atomic E-state index is 12.4. The number of carbonyl (C=O) groups is 1. The first-order valence-electron chi connectivity index (χ1n) is 6.43. The number of fused-ring (bicyclic) bond motifs is 3. The zero-order chi connectivity index (χ0) is 14.6. The third-order valence-electron chi connectivity index (χ3n) is 3.54. The van der Waals surface area contributed by atoms with E-state index in [1.54, 1.807) is 0 Å². The molecule has 0 amide bonds. The molecular formula is C15H9NO3S2. The summed E-state index contributed by atoms with van der Waals surface area (Å²) < 4.78 is 0.879. The number of allylic oxidation sites excluding steroid dienone is 2. The van der Waals surface area contributed by atoms with Crippen molar-refractivity contribution in [2.24, 2.45) is 0 Å². The van der Waals surface area contributed by atoms with Gasteiger partial charge in [0, 0.05) is 22.9 Å². The third kappa shape index (κ3) is 1.83. The predicted molar refractivity (Wildman–Crippen MR) is 85.1 cm³/mol. The van der Waals surface area contributed by atoms with E-state index in [2.05, 4.69) is 4.98 Å². The number of carbonyl (C=O) groups excluding carboxylic acids is 1. The van der Waals surface area contributed by atoms with Crippen LogP contribution >= 0.6 is 22.7 Å². The molecule has 2 heterocycles. The molecule has 1 N–H and O–H groups in total. The van der Waals surface area contributed by atoms with Gasteiger partial charge >= 0.3 is 0 Å². The number of benzene rings is 1. The number of ketones is 1. The lowest BCUT2D eigenvalue weighted by atomic mass is 10.2. The molecule has 0 fully saturated rings. The lowest BCUT2D eigenvalue weighted by Gasteiger charge is -1.99. The summed E-state index contributed by atoms with van der Waals surface area (Å²) in [4.78, 5) is 29.3. The summed E-state index contributed by atoms with van der Waals surface area (Å²) in [5, 5.41) is 11.7. The largest absolute Gasteiger partial charge is 0.511 e. The molecule has 0 spiro atoms. The minimum absolute atomic E-state index is 0.0450. The molecule has 0 saturated carbocycles. The van der Waals surface area contributed by atoms with E-state index in [1.165, 1.54) is 11.3 Å². The van der Waals surface area contributed by atoms with Gasteiger partial charge in [0.25, 0.3) is 0 Å². The Bertz CT molecular complexity index is 997. The highest BCUT2D eigenvalue weighted by atomic mass is 32.1. The summed E-state index contributed by atoms with van der Waals surface area (Å²) in [5.74, 6) is -0.0975. The van der Waals surface area contributed by atoms with Crippen molar-refractivity contribution < 1.29 is 9.90 Å². The van der Waals surface area contributed by atoms with Crippen molar-refractivity contribution in [2.45, 2.75) is 12.8 Å². The van der Waals surface area contributed by atoms with Gasteiger partial charge in [-0.1, -0.05) is 29.5 Å². The third-order valence-corrected chi connectivity index (χ3v) is 5.49. The Hall–Kier alpha value is -2.05. The average molecular weight is 315 g/mol. The molecule has 3 aromatic rings. The zero-order valence-corrected chi connectivity index (χ0v) is 12.4. The second kappa shape index (κ2) is 4.47. The normalized spacial score (nSPS) is 15.5. The van der Waals surface area contributed by atoms with Crippen molar-refractivity contribution in [1.29, 1.82) is 0 Å². The monoisotopic (exact) mass is 315 g/mol. The Morgan fingerprint density at radius 3 is 2.67 bits per heavy atom. The molecule has 4 nitrogen and oxygen atoms in total. The fourth-order valence-corrected chi connectivity index (χ4v) is 4.71. The van der Waals surface area contributed by atoms with Crippen LogP contribution in [0.1, 0.15) is 17.8 Å². The maximum Gasteiger partial charge on any atom is 0.245 e. The summed E-state index contributed by atoms with van der Waals surface area (Å²) in [6, 6.07) is 7.66. The van der Waals surface area contributed by atoms with Gasteiger partial charge in [0.15, 0.2) is 5.78 Å². The lowest BCUT2D eigenvalue weighted by molar-refractivity contribution is -0.113. The number of Topliss-reactive ketones (excluding diaryl/α,β-unsaturated/α-hetero) is 1. The first-order chi connectivity index (χ1) is 10.1. The zero-order valence-electron chi connectivity index (χ0n) is 10.8. The Balaban J connectivity index is 2.07. The molecule has 104 valence electrons. The number of aliphatic hydroxyl groups excluding tert-OH is 1. The van der Waals surface area contributed by atoms with Gasteiger partial charge in [-0.15, -0.1) is 11.3 Å². The van der Waals surface area contributed by atoms with E-state index in [9.17, 15) is 14.7 Å². The van der Waals surface area contributed by atoms with Crippen LogP contribution in [0, 0.1) is 0 Å². The minimum Gasteiger partial charge on any atom is -0.511 e. The number of rotatable bonds is 1. The molecule has 6 heteroatoms. The van der Waals surface area contributed by atoms with Crippen LogP contribution in [-0.2, 0) is 4.79 Å². The molecule has 0 saturated heterocycles. The maximum absolute atomic E-state index is 12.4. The molecule has 0 aliphatic heterocycles. The van der Waals surface area contributed by atoms with Crippen LogP contribution in [-0.4, -0.2) is 15.9 Å². The predicted octanol–water partition coefficient (Wildman–Crippen LogP) is 3.50. The molecular weight excluding hydrogens is 306 g/mol. The molecule has 4 rings (SSSR count). The number of aliphatic hydroxyl groups is 1. The topological polar surface area (TPSA) is 67.3 Å². The molecule has 1 aliphatic carbocycles. The summed E-state index contributed by atoms with van der Waals surface area (Å²) in [5.41, 5.74) is 0.219. The molecule has 0 radical (unpaired) electrons. The van der Waals surface area contributed by atoms with Crippen molar-refractivity contribution >= 4 is 54.3 Å². The lowest BCUT2D eigenvalue weighted by Crippen LogP contribution is -2.03. The van der Waals surface area contributed by atoms with Crippen LogP contribution in [0.2, 0.25) is 0 Å². The van der Waals surface area contributed by atoms with Gasteiger partial charge in [0.2, 0.25) is 4.74 Å². The van der Waals surface area contributed by atoms with Crippen molar-refractivity contribution in [3.8, 4) is 0 Å².